The molecule has 0 radical (unpaired) electrons. The van der Waals surface area contributed by atoms with E-state index in [9.17, 15) is 14.9 Å². The monoisotopic (exact) mass is 524 g/mol. The van der Waals surface area contributed by atoms with Crippen LogP contribution in [-0.2, 0) is 17.9 Å². The van der Waals surface area contributed by atoms with Crippen LogP contribution in [0.3, 0.4) is 0 Å². The number of hydrogen-bond acceptors (Lipinski definition) is 7. The minimum atomic E-state index is -0.258. The molecule has 2 aromatic rings. The van der Waals surface area contributed by atoms with E-state index < -0.39 is 0 Å². The van der Waals surface area contributed by atoms with Crippen molar-refractivity contribution in [3.05, 3.63) is 56.1 Å². The summed E-state index contributed by atoms with van der Waals surface area (Å²) in [5.74, 6) is 2.20. The second-order valence-corrected chi connectivity index (χ2v) is 11.5. The van der Waals surface area contributed by atoms with E-state index in [-0.39, 0.29) is 23.6 Å². The van der Waals surface area contributed by atoms with Gasteiger partial charge in [-0.25, -0.2) is 0 Å². The normalized spacial score (nSPS) is 21.5. The Labute approximate surface area is 221 Å². The first kappa shape index (κ1) is 26.2. The third kappa shape index (κ3) is 5.16. The molecular formula is C27H32N4O3S2. The Morgan fingerprint density at radius 2 is 2.00 bits per heavy atom. The fourth-order valence-electron chi connectivity index (χ4n) is 5.17. The smallest absolute Gasteiger partial charge is 0.270 e. The van der Waals surface area contributed by atoms with Crippen molar-refractivity contribution in [2.75, 3.05) is 18.0 Å². The number of nitriles is 1. The maximum Gasteiger partial charge on any atom is 0.270 e. The van der Waals surface area contributed by atoms with Crippen LogP contribution in [0.25, 0.3) is 6.08 Å². The Morgan fingerprint density at radius 3 is 2.61 bits per heavy atom. The zero-order valence-electron chi connectivity index (χ0n) is 21.2. The molecule has 2 fully saturated rings. The van der Waals surface area contributed by atoms with Gasteiger partial charge in [0.05, 0.1) is 17.7 Å². The molecule has 0 aromatic carbocycles. The van der Waals surface area contributed by atoms with Gasteiger partial charge in [-0.1, -0.05) is 51.2 Å². The SMILES string of the molecule is CCCCn1c(N2CC(C)CC(C)C2)c(/C=C2\SC(=S)N(Cc3ccco3)C2=O)c(C)c(C#N)c1=O. The molecule has 2 aromatic heterocycles. The number of carbonyl (C=O) groups is 1. The minimum Gasteiger partial charge on any atom is -0.467 e. The first-order chi connectivity index (χ1) is 17.2. The summed E-state index contributed by atoms with van der Waals surface area (Å²) in [6.45, 7) is 10.8. The molecule has 9 heteroatoms. The van der Waals surface area contributed by atoms with Gasteiger partial charge in [0.2, 0.25) is 0 Å². The van der Waals surface area contributed by atoms with Crippen LogP contribution in [0.4, 0.5) is 5.82 Å². The maximum absolute atomic E-state index is 13.5. The molecule has 2 saturated heterocycles. The van der Waals surface area contributed by atoms with Crippen LogP contribution in [-0.4, -0.2) is 32.8 Å². The predicted octanol–water partition coefficient (Wildman–Crippen LogP) is 5.31. The van der Waals surface area contributed by atoms with Crippen molar-refractivity contribution in [2.24, 2.45) is 11.8 Å². The number of furan rings is 1. The summed E-state index contributed by atoms with van der Waals surface area (Å²) >= 11 is 6.77. The lowest BCUT2D eigenvalue weighted by Gasteiger charge is -2.39. The Hall–Kier alpha value is -2.83. The van der Waals surface area contributed by atoms with Crippen molar-refractivity contribution in [3.63, 3.8) is 0 Å². The predicted molar refractivity (Wildman–Crippen MR) is 148 cm³/mol. The van der Waals surface area contributed by atoms with Crippen molar-refractivity contribution < 1.29 is 9.21 Å². The van der Waals surface area contributed by atoms with Crippen molar-refractivity contribution in [2.45, 2.75) is 60.0 Å². The van der Waals surface area contributed by atoms with Gasteiger partial charge in [0, 0.05) is 25.2 Å². The Balaban J connectivity index is 1.86. The van der Waals surface area contributed by atoms with Gasteiger partial charge in [0.25, 0.3) is 11.5 Å². The number of anilines is 1. The van der Waals surface area contributed by atoms with E-state index in [2.05, 4.69) is 31.7 Å². The molecule has 190 valence electrons. The van der Waals surface area contributed by atoms with Gasteiger partial charge in [-0.2, -0.15) is 5.26 Å². The van der Waals surface area contributed by atoms with E-state index in [0.717, 1.165) is 43.7 Å². The van der Waals surface area contributed by atoms with Gasteiger partial charge in [0.15, 0.2) is 0 Å². The van der Waals surface area contributed by atoms with E-state index >= 15 is 0 Å². The second-order valence-electron chi connectivity index (χ2n) is 9.86. The van der Waals surface area contributed by atoms with Gasteiger partial charge in [-0.3, -0.25) is 19.1 Å². The van der Waals surface area contributed by atoms with Crippen LogP contribution >= 0.6 is 24.0 Å². The summed E-state index contributed by atoms with van der Waals surface area (Å²) in [6.07, 6.45) is 6.28. The average Bonchev–Trinajstić information content (AvgIpc) is 3.43. The molecule has 0 saturated carbocycles. The number of aromatic nitrogens is 1. The highest BCUT2D eigenvalue weighted by Crippen LogP contribution is 2.38. The van der Waals surface area contributed by atoms with Gasteiger partial charge in [-0.05, 0) is 55.4 Å². The lowest BCUT2D eigenvalue weighted by molar-refractivity contribution is -0.122. The number of unbranched alkanes of at least 4 members (excludes halogenated alkanes) is 1. The minimum absolute atomic E-state index is 0.130. The van der Waals surface area contributed by atoms with Crippen LogP contribution in [0.2, 0.25) is 0 Å². The molecule has 2 aliphatic rings. The molecule has 0 N–H and O–H groups in total. The average molecular weight is 525 g/mol. The Morgan fingerprint density at radius 1 is 1.28 bits per heavy atom. The van der Waals surface area contributed by atoms with Crippen molar-refractivity contribution in [3.8, 4) is 6.07 Å². The van der Waals surface area contributed by atoms with Crippen LogP contribution < -0.4 is 10.5 Å². The Kier molecular flexibility index (Phi) is 8.06. The van der Waals surface area contributed by atoms with E-state index in [1.54, 1.807) is 23.8 Å². The number of thioether (sulfide) groups is 1. The summed E-state index contributed by atoms with van der Waals surface area (Å²) in [5.41, 5.74) is 1.23. The molecule has 1 amide bonds. The lowest BCUT2D eigenvalue weighted by atomic mass is 9.91. The third-order valence-electron chi connectivity index (χ3n) is 6.79. The summed E-state index contributed by atoms with van der Waals surface area (Å²) in [5, 5.41) is 9.89. The highest BCUT2D eigenvalue weighted by atomic mass is 32.2. The summed E-state index contributed by atoms with van der Waals surface area (Å²) < 4.78 is 7.64. The maximum atomic E-state index is 13.5. The molecular weight excluding hydrogens is 492 g/mol. The molecule has 4 rings (SSSR count). The molecule has 2 atom stereocenters. The number of piperidine rings is 1. The summed E-state index contributed by atoms with van der Waals surface area (Å²) in [6, 6.07) is 5.72. The van der Waals surface area contributed by atoms with Gasteiger partial charge in [-0.15, -0.1) is 0 Å². The van der Waals surface area contributed by atoms with Gasteiger partial charge < -0.3 is 9.32 Å². The fourth-order valence-corrected chi connectivity index (χ4v) is 6.41. The number of rotatable bonds is 7. The molecule has 0 bridgehead atoms. The van der Waals surface area contributed by atoms with E-state index in [4.69, 9.17) is 16.6 Å². The van der Waals surface area contributed by atoms with E-state index in [1.165, 1.54) is 16.7 Å². The van der Waals surface area contributed by atoms with Crippen LogP contribution in [0.1, 0.15) is 62.5 Å². The standard InChI is InChI=1S/C27H32N4O3S2/c1-5-6-9-30-24(29-14-17(2)11-18(3)15-29)21(19(4)22(13-28)25(30)32)12-23-26(33)31(27(35)36-23)16-20-8-7-10-34-20/h7-8,10,12,17-18H,5-6,9,11,14-16H2,1-4H3/b23-12-. The topological polar surface area (TPSA) is 82.5 Å². The number of thiocarbonyl (C=S) groups is 1. The molecule has 2 aliphatic heterocycles. The first-order valence-corrected chi connectivity index (χ1v) is 13.7. The quantitative estimate of drug-likeness (QED) is 0.359. The summed E-state index contributed by atoms with van der Waals surface area (Å²) in [4.78, 5) is 31.2. The number of amides is 1. The van der Waals surface area contributed by atoms with E-state index in [0.29, 0.717) is 38.9 Å². The summed E-state index contributed by atoms with van der Waals surface area (Å²) in [7, 11) is 0. The van der Waals surface area contributed by atoms with Crippen LogP contribution in [0, 0.1) is 30.1 Å². The molecule has 2 unspecified atom stereocenters. The second kappa shape index (κ2) is 11.1. The van der Waals surface area contributed by atoms with Crippen LogP contribution in [0.5, 0.6) is 0 Å². The molecule has 36 heavy (non-hydrogen) atoms. The van der Waals surface area contributed by atoms with Crippen molar-refractivity contribution in [1.29, 1.82) is 5.26 Å². The molecule has 7 nitrogen and oxygen atoms in total. The number of nitrogens with zero attached hydrogens (tertiary/aromatic N) is 4. The van der Waals surface area contributed by atoms with Gasteiger partial charge in [0.1, 0.15) is 27.5 Å². The number of pyridine rings is 1. The zero-order valence-corrected chi connectivity index (χ0v) is 22.9. The first-order valence-electron chi connectivity index (χ1n) is 12.4. The third-order valence-corrected chi connectivity index (χ3v) is 8.17. The van der Waals surface area contributed by atoms with Crippen LogP contribution in [0.15, 0.2) is 32.5 Å². The number of hydrogen-bond donors (Lipinski definition) is 0. The highest BCUT2D eigenvalue weighted by Gasteiger charge is 2.34. The van der Waals surface area contributed by atoms with Gasteiger partial charge >= 0.3 is 0 Å². The largest absolute Gasteiger partial charge is 0.467 e. The van der Waals surface area contributed by atoms with Crippen molar-refractivity contribution >= 4 is 46.1 Å². The molecule has 0 aliphatic carbocycles. The molecule has 4 heterocycles. The lowest BCUT2D eigenvalue weighted by Crippen LogP contribution is -2.43. The molecule has 0 spiro atoms. The Bertz CT molecular complexity index is 1280. The van der Waals surface area contributed by atoms with Crippen molar-refractivity contribution in [1.82, 2.24) is 9.47 Å². The highest BCUT2D eigenvalue weighted by molar-refractivity contribution is 8.26. The van der Waals surface area contributed by atoms with E-state index in [1.807, 2.05) is 12.1 Å². The number of carbonyl (C=O) groups excluding carboxylic acids is 1. The fraction of sp³-hybridized carbons (Fsp3) is 0.481. The zero-order chi connectivity index (χ0) is 26.0.